The Balaban J connectivity index is 1.77. The van der Waals surface area contributed by atoms with E-state index in [1.165, 1.54) is 16.0 Å². The first-order valence-corrected chi connectivity index (χ1v) is 12.0. The van der Waals surface area contributed by atoms with Crippen molar-refractivity contribution < 1.29 is 14.3 Å². The molecule has 0 saturated carbocycles. The van der Waals surface area contributed by atoms with Gasteiger partial charge in [-0.05, 0) is 54.8 Å². The van der Waals surface area contributed by atoms with Crippen molar-refractivity contribution >= 4 is 23.2 Å². The predicted octanol–water partition coefficient (Wildman–Crippen LogP) is 4.76. The number of benzene rings is 1. The number of hydrogen-bond donors (Lipinski definition) is 0. The summed E-state index contributed by atoms with van der Waals surface area (Å²) in [5.74, 6) is 1.15. The molecule has 0 bridgehead atoms. The fourth-order valence-corrected chi connectivity index (χ4v) is 5.00. The van der Waals surface area contributed by atoms with Gasteiger partial charge in [0.25, 0.3) is 0 Å². The van der Waals surface area contributed by atoms with Crippen LogP contribution in [-0.2, 0) is 16.0 Å². The van der Waals surface area contributed by atoms with E-state index < -0.39 is 0 Å². The summed E-state index contributed by atoms with van der Waals surface area (Å²) in [4.78, 5) is 30.4. The van der Waals surface area contributed by atoms with Crippen LogP contribution in [0.5, 0.6) is 5.75 Å². The van der Waals surface area contributed by atoms with E-state index in [1.54, 1.807) is 23.2 Å². The van der Waals surface area contributed by atoms with Gasteiger partial charge in [0.1, 0.15) is 12.4 Å². The fraction of sp³-hybridized carbons (Fsp3) is 0.520. The van der Waals surface area contributed by atoms with Crippen molar-refractivity contribution in [1.29, 1.82) is 0 Å². The molecule has 2 heterocycles. The summed E-state index contributed by atoms with van der Waals surface area (Å²) < 4.78 is 6.20. The van der Waals surface area contributed by atoms with E-state index in [9.17, 15) is 9.59 Å². The predicted molar refractivity (Wildman–Crippen MR) is 126 cm³/mol. The Morgan fingerprint density at radius 2 is 2.06 bits per heavy atom. The number of ether oxygens (including phenoxy) is 1. The summed E-state index contributed by atoms with van der Waals surface area (Å²) in [5.41, 5.74) is 3.46. The van der Waals surface area contributed by atoms with Crippen LogP contribution in [0.3, 0.4) is 0 Å². The van der Waals surface area contributed by atoms with Gasteiger partial charge in [-0.1, -0.05) is 38.0 Å². The normalized spacial score (nSPS) is 16.5. The minimum atomic E-state index is -0.138. The maximum absolute atomic E-state index is 13.3. The molecule has 1 aromatic carbocycles. The minimum absolute atomic E-state index is 0.00965. The van der Waals surface area contributed by atoms with Crippen LogP contribution >= 0.6 is 11.3 Å². The van der Waals surface area contributed by atoms with Crippen LogP contribution in [0.1, 0.15) is 54.8 Å². The zero-order valence-electron chi connectivity index (χ0n) is 19.3. The molecule has 31 heavy (non-hydrogen) atoms. The monoisotopic (exact) mass is 442 g/mol. The van der Waals surface area contributed by atoms with Gasteiger partial charge in [-0.3, -0.25) is 9.59 Å². The third-order valence-corrected chi connectivity index (χ3v) is 7.14. The van der Waals surface area contributed by atoms with Gasteiger partial charge in [-0.15, -0.1) is 11.3 Å². The lowest BCUT2D eigenvalue weighted by molar-refractivity contribution is -0.142. The molecule has 0 fully saturated rings. The zero-order valence-corrected chi connectivity index (χ0v) is 20.1. The Kier molecular flexibility index (Phi) is 7.76. The number of amides is 2. The number of carbonyl (C=O) groups excluding carboxylic acids is 2. The van der Waals surface area contributed by atoms with E-state index in [2.05, 4.69) is 38.3 Å². The number of hydrogen-bond acceptors (Lipinski definition) is 4. The average Bonchev–Trinajstić information content (AvgIpc) is 3.21. The Labute approximate surface area is 190 Å². The molecule has 0 spiro atoms. The molecule has 2 aromatic rings. The quantitative estimate of drug-likeness (QED) is 0.592. The van der Waals surface area contributed by atoms with E-state index in [0.29, 0.717) is 25.6 Å². The molecule has 1 aliphatic rings. The van der Waals surface area contributed by atoms with Crippen LogP contribution in [0.2, 0.25) is 0 Å². The Morgan fingerprint density at radius 1 is 1.29 bits per heavy atom. The van der Waals surface area contributed by atoms with E-state index in [0.717, 1.165) is 24.2 Å². The molecular weight excluding hydrogens is 408 g/mol. The first-order valence-electron chi connectivity index (χ1n) is 11.1. The summed E-state index contributed by atoms with van der Waals surface area (Å²) >= 11 is 1.74. The molecule has 0 saturated heterocycles. The van der Waals surface area contributed by atoms with Gasteiger partial charge >= 0.3 is 0 Å². The van der Waals surface area contributed by atoms with Gasteiger partial charge in [0.05, 0.1) is 12.6 Å². The molecule has 2 amide bonds. The molecule has 5 nitrogen and oxygen atoms in total. The van der Waals surface area contributed by atoms with Gasteiger partial charge in [-0.25, -0.2) is 0 Å². The molecule has 0 N–H and O–H groups in total. The molecule has 1 aliphatic heterocycles. The number of aryl methyl sites for hydroxylation is 2. The highest BCUT2D eigenvalue weighted by molar-refractivity contribution is 7.10. The van der Waals surface area contributed by atoms with Crippen LogP contribution in [0, 0.1) is 19.8 Å². The highest BCUT2D eigenvalue weighted by atomic mass is 32.1. The zero-order chi connectivity index (χ0) is 22.5. The van der Waals surface area contributed by atoms with E-state index in [4.69, 9.17) is 4.74 Å². The van der Waals surface area contributed by atoms with Crippen LogP contribution < -0.4 is 4.74 Å². The van der Waals surface area contributed by atoms with E-state index in [-0.39, 0.29) is 24.4 Å². The smallest absolute Gasteiger partial charge is 0.242 e. The van der Waals surface area contributed by atoms with Crippen LogP contribution in [0.15, 0.2) is 29.6 Å². The summed E-state index contributed by atoms with van der Waals surface area (Å²) in [7, 11) is 0. The number of carbonyl (C=O) groups is 2. The lowest BCUT2D eigenvalue weighted by Crippen LogP contribution is -2.48. The van der Waals surface area contributed by atoms with Gasteiger partial charge in [0.2, 0.25) is 11.8 Å². The highest BCUT2D eigenvalue weighted by Gasteiger charge is 2.33. The standard InChI is InChI=1S/C25H34N2O3S/c1-6-17(2)14-26(20(5)28)15-25(29)27-11-9-24-21(10-12-31-24)22(27)16-30-23-8-7-18(3)13-19(23)4/h7-8,10,12-13,17,22H,6,9,11,14-16H2,1-5H3. The largest absolute Gasteiger partial charge is 0.491 e. The van der Waals surface area contributed by atoms with Crippen molar-refractivity contribution in [1.82, 2.24) is 9.80 Å². The van der Waals surface area contributed by atoms with E-state index >= 15 is 0 Å². The third-order valence-electron chi connectivity index (χ3n) is 6.14. The lowest BCUT2D eigenvalue weighted by atomic mass is 10.00. The minimum Gasteiger partial charge on any atom is -0.491 e. The molecule has 1 aromatic heterocycles. The second kappa shape index (κ2) is 10.3. The van der Waals surface area contributed by atoms with Crippen molar-refractivity contribution in [2.75, 3.05) is 26.2 Å². The summed E-state index contributed by atoms with van der Waals surface area (Å²) in [6, 6.07) is 8.12. The number of nitrogens with zero attached hydrogens (tertiary/aromatic N) is 2. The molecular formula is C25H34N2O3S. The first kappa shape index (κ1) is 23.3. The van der Waals surface area contributed by atoms with Gasteiger partial charge < -0.3 is 14.5 Å². The lowest BCUT2D eigenvalue weighted by Gasteiger charge is -2.37. The molecule has 6 heteroatoms. The van der Waals surface area contributed by atoms with E-state index in [1.807, 2.05) is 24.0 Å². The van der Waals surface area contributed by atoms with Gasteiger partial charge in [0, 0.05) is 24.9 Å². The summed E-state index contributed by atoms with van der Waals surface area (Å²) in [6.45, 7) is 11.7. The second-order valence-electron chi connectivity index (χ2n) is 8.64. The molecule has 3 rings (SSSR count). The van der Waals surface area contributed by atoms with Crippen LogP contribution in [0.25, 0.3) is 0 Å². The Bertz CT molecular complexity index is 923. The highest BCUT2D eigenvalue weighted by Crippen LogP contribution is 2.34. The summed E-state index contributed by atoms with van der Waals surface area (Å²) in [6.07, 6.45) is 1.83. The fourth-order valence-electron chi connectivity index (χ4n) is 4.07. The van der Waals surface area contributed by atoms with Crippen molar-refractivity contribution in [3.05, 3.63) is 51.2 Å². The molecule has 2 unspecified atom stereocenters. The second-order valence-corrected chi connectivity index (χ2v) is 9.65. The van der Waals surface area contributed by atoms with Crippen LogP contribution in [0.4, 0.5) is 0 Å². The van der Waals surface area contributed by atoms with Gasteiger partial charge in [0.15, 0.2) is 0 Å². The topological polar surface area (TPSA) is 49.9 Å². The third kappa shape index (κ3) is 5.67. The van der Waals surface area contributed by atoms with Crippen molar-refractivity contribution in [2.24, 2.45) is 5.92 Å². The first-order chi connectivity index (χ1) is 14.8. The van der Waals surface area contributed by atoms with Gasteiger partial charge in [-0.2, -0.15) is 0 Å². The Morgan fingerprint density at radius 3 is 2.74 bits per heavy atom. The SMILES string of the molecule is CCC(C)CN(CC(=O)N1CCc2sccc2C1COc1ccc(C)cc1C)C(C)=O. The molecule has 168 valence electrons. The molecule has 2 atom stereocenters. The number of rotatable bonds is 8. The maximum Gasteiger partial charge on any atom is 0.242 e. The number of fused-ring (bicyclic) bond motifs is 1. The van der Waals surface area contributed by atoms with Crippen molar-refractivity contribution in [3.8, 4) is 5.75 Å². The Hall–Kier alpha value is -2.34. The van der Waals surface area contributed by atoms with Crippen molar-refractivity contribution in [3.63, 3.8) is 0 Å². The van der Waals surface area contributed by atoms with Crippen molar-refractivity contribution in [2.45, 2.75) is 53.5 Å². The molecule has 0 radical (unpaired) electrons. The molecule has 0 aliphatic carbocycles. The number of thiophene rings is 1. The van der Waals surface area contributed by atoms with Crippen LogP contribution in [-0.4, -0.2) is 47.9 Å². The maximum atomic E-state index is 13.3. The summed E-state index contributed by atoms with van der Waals surface area (Å²) in [5, 5.41) is 2.09. The average molecular weight is 443 g/mol.